The number of aromatic amines is 1. The molecule has 2 amide bonds. The van der Waals surface area contributed by atoms with Crippen molar-refractivity contribution < 1.29 is 19.1 Å². The number of carbonyl (C=O) groups is 2. The Morgan fingerprint density at radius 3 is 2.82 bits per heavy atom. The number of benzene rings is 1. The Morgan fingerprint density at radius 1 is 1.12 bits per heavy atom. The van der Waals surface area contributed by atoms with Crippen LogP contribution in [-0.2, 0) is 29.0 Å². The Bertz CT molecular complexity index is 1310. The minimum atomic E-state index is -0.864. The molecule has 2 aliphatic rings. The standard InChI is InChI=1S/C22H22N6O5/c1-12-8-18(28(27-12)22-24-15-5-3-2-4-14(15)19(29)26-22)25-21(31)20(30)23-10-13-6-7-16-17(9-13)33-11-32-16/h6-9H,2-5,10-11H2,1H3,(H,23,30)(H,25,31)(H,24,26,29). The van der Waals surface area contributed by atoms with Gasteiger partial charge in [-0.15, -0.1) is 0 Å². The van der Waals surface area contributed by atoms with E-state index < -0.39 is 11.8 Å². The number of nitrogens with one attached hydrogen (secondary N) is 3. The first-order valence-corrected chi connectivity index (χ1v) is 10.6. The van der Waals surface area contributed by atoms with Gasteiger partial charge in [0.2, 0.25) is 12.7 Å². The monoisotopic (exact) mass is 450 g/mol. The van der Waals surface area contributed by atoms with Crippen molar-refractivity contribution in [1.29, 1.82) is 0 Å². The predicted molar refractivity (Wildman–Crippen MR) is 116 cm³/mol. The summed E-state index contributed by atoms with van der Waals surface area (Å²) in [4.78, 5) is 44.7. The van der Waals surface area contributed by atoms with Crippen molar-refractivity contribution in [2.24, 2.45) is 0 Å². The molecule has 2 aromatic heterocycles. The van der Waals surface area contributed by atoms with Gasteiger partial charge in [0.15, 0.2) is 11.5 Å². The molecule has 0 bridgehead atoms. The van der Waals surface area contributed by atoms with E-state index in [0.29, 0.717) is 29.2 Å². The molecule has 3 N–H and O–H groups in total. The first-order valence-electron chi connectivity index (χ1n) is 10.6. The number of hydrogen-bond acceptors (Lipinski definition) is 7. The molecule has 11 heteroatoms. The molecule has 3 aromatic rings. The number of aryl methyl sites for hydroxylation is 2. The van der Waals surface area contributed by atoms with Crippen LogP contribution in [0.3, 0.4) is 0 Å². The third-order valence-corrected chi connectivity index (χ3v) is 5.55. The van der Waals surface area contributed by atoms with E-state index in [1.165, 1.54) is 4.68 Å². The van der Waals surface area contributed by atoms with E-state index in [4.69, 9.17) is 9.47 Å². The summed E-state index contributed by atoms with van der Waals surface area (Å²) in [5, 5.41) is 9.45. The Labute approximate surface area is 188 Å². The van der Waals surface area contributed by atoms with Crippen molar-refractivity contribution in [3.8, 4) is 17.4 Å². The largest absolute Gasteiger partial charge is 0.454 e. The number of hydrogen-bond donors (Lipinski definition) is 3. The average Bonchev–Trinajstić information content (AvgIpc) is 3.43. The number of fused-ring (bicyclic) bond motifs is 2. The Kier molecular flexibility index (Phi) is 5.29. The summed E-state index contributed by atoms with van der Waals surface area (Å²) in [7, 11) is 0. The molecule has 1 aliphatic heterocycles. The van der Waals surface area contributed by atoms with Crippen molar-refractivity contribution >= 4 is 17.6 Å². The highest BCUT2D eigenvalue weighted by Gasteiger charge is 2.21. The molecule has 0 spiro atoms. The van der Waals surface area contributed by atoms with Gasteiger partial charge < -0.3 is 20.1 Å². The number of nitrogens with zero attached hydrogens (tertiary/aromatic N) is 3. The van der Waals surface area contributed by atoms with Gasteiger partial charge in [-0.25, -0.2) is 4.98 Å². The van der Waals surface area contributed by atoms with E-state index in [-0.39, 0.29) is 30.7 Å². The van der Waals surface area contributed by atoms with E-state index in [1.54, 1.807) is 31.2 Å². The number of carbonyl (C=O) groups excluding carboxylic acids is 2. The van der Waals surface area contributed by atoms with Crippen LogP contribution < -0.4 is 25.7 Å². The number of H-pyrrole nitrogens is 1. The van der Waals surface area contributed by atoms with Crippen molar-refractivity contribution in [3.63, 3.8) is 0 Å². The predicted octanol–water partition coefficient (Wildman–Crippen LogP) is 1.13. The minimum Gasteiger partial charge on any atom is -0.454 e. The highest BCUT2D eigenvalue weighted by atomic mass is 16.7. The Balaban J connectivity index is 1.30. The molecule has 0 unspecified atom stereocenters. The van der Waals surface area contributed by atoms with Gasteiger partial charge >= 0.3 is 11.8 Å². The van der Waals surface area contributed by atoms with Crippen LogP contribution in [0.4, 0.5) is 5.82 Å². The Morgan fingerprint density at radius 2 is 1.94 bits per heavy atom. The van der Waals surface area contributed by atoms with Gasteiger partial charge in [0.1, 0.15) is 5.82 Å². The second-order valence-electron chi connectivity index (χ2n) is 7.93. The normalized spacial score (nSPS) is 14.0. The van der Waals surface area contributed by atoms with Crippen LogP contribution in [0, 0.1) is 6.92 Å². The van der Waals surface area contributed by atoms with Crippen molar-refractivity contribution in [3.05, 3.63) is 57.1 Å². The molecule has 1 aliphatic carbocycles. The first kappa shape index (κ1) is 20.7. The zero-order chi connectivity index (χ0) is 22.9. The van der Waals surface area contributed by atoms with E-state index in [2.05, 4.69) is 25.7 Å². The summed E-state index contributed by atoms with van der Waals surface area (Å²) in [6, 6.07) is 6.87. The SMILES string of the molecule is Cc1cc(NC(=O)C(=O)NCc2ccc3c(c2)OCO3)n(-c2nc3c(c(=O)[nH]2)CCCC3)n1. The van der Waals surface area contributed by atoms with Crippen molar-refractivity contribution in [1.82, 2.24) is 25.1 Å². The molecular formula is C22H22N6O5. The summed E-state index contributed by atoms with van der Waals surface area (Å²) in [6.45, 7) is 2.04. The van der Waals surface area contributed by atoms with Gasteiger partial charge in [-0.2, -0.15) is 9.78 Å². The van der Waals surface area contributed by atoms with Crippen LogP contribution in [0.15, 0.2) is 29.1 Å². The lowest BCUT2D eigenvalue weighted by Crippen LogP contribution is -2.35. The van der Waals surface area contributed by atoms with Gasteiger partial charge in [0, 0.05) is 18.2 Å². The van der Waals surface area contributed by atoms with Crippen LogP contribution >= 0.6 is 0 Å². The summed E-state index contributed by atoms with van der Waals surface area (Å²) in [6.07, 6.45) is 3.34. The van der Waals surface area contributed by atoms with Crippen LogP contribution in [0.5, 0.6) is 11.5 Å². The third kappa shape index (κ3) is 4.16. The fourth-order valence-electron chi connectivity index (χ4n) is 3.93. The lowest BCUT2D eigenvalue weighted by molar-refractivity contribution is -0.136. The highest BCUT2D eigenvalue weighted by molar-refractivity contribution is 6.39. The average molecular weight is 450 g/mol. The van der Waals surface area contributed by atoms with Gasteiger partial charge in [0.25, 0.3) is 5.56 Å². The maximum Gasteiger partial charge on any atom is 0.314 e. The number of anilines is 1. The van der Waals surface area contributed by atoms with Crippen molar-refractivity contribution in [2.75, 3.05) is 12.1 Å². The molecule has 3 heterocycles. The zero-order valence-electron chi connectivity index (χ0n) is 17.9. The highest BCUT2D eigenvalue weighted by Crippen LogP contribution is 2.32. The van der Waals surface area contributed by atoms with Crippen LogP contribution in [0.1, 0.15) is 35.4 Å². The van der Waals surface area contributed by atoms with E-state index in [9.17, 15) is 14.4 Å². The number of amides is 2. The Hall–Kier alpha value is -4.15. The summed E-state index contributed by atoms with van der Waals surface area (Å²) in [5.74, 6) is -0.0148. The molecule has 0 radical (unpaired) electrons. The molecule has 1 aromatic carbocycles. The number of ether oxygens (including phenoxy) is 2. The number of rotatable bonds is 4. The van der Waals surface area contributed by atoms with Crippen molar-refractivity contribution in [2.45, 2.75) is 39.2 Å². The fourth-order valence-corrected chi connectivity index (χ4v) is 3.93. The molecule has 0 saturated heterocycles. The van der Waals surface area contributed by atoms with Gasteiger partial charge in [-0.05, 0) is 50.3 Å². The quantitative estimate of drug-likeness (QED) is 0.506. The second kappa shape index (κ2) is 8.41. The molecule has 170 valence electrons. The summed E-state index contributed by atoms with van der Waals surface area (Å²) in [5.41, 5.74) is 2.58. The fraction of sp³-hybridized carbons (Fsp3) is 0.318. The maximum atomic E-state index is 12.5. The molecule has 11 nitrogen and oxygen atoms in total. The van der Waals surface area contributed by atoms with E-state index >= 15 is 0 Å². The molecule has 0 saturated carbocycles. The maximum absolute atomic E-state index is 12.5. The van der Waals surface area contributed by atoms with E-state index in [1.807, 2.05) is 0 Å². The lowest BCUT2D eigenvalue weighted by Gasteiger charge is -2.15. The summed E-state index contributed by atoms with van der Waals surface area (Å²) < 4.78 is 11.9. The first-order chi connectivity index (χ1) is 16.0. The zero-order valence-corrected chi connectivity index (χ0v) is 17.9. The van der Waals surface area contributed by atoms with Crippen LogP contribution in [0.25, 0.3) is 5.95 Å². The van der Waals surface area contributed by atoms with Crippen LogP contribution in [0.2, 0.25) is 0 Å². The number of aromatic nitrogens is 4. The summed E-state index contributed by atoms with van der Waals surface area (Å²) >= 11 is 0. The molecule has 5 rings (SSSR count). The topological polar surface area (TPSA) is 140 Å². The second-order valence-corrected chi connectivity index (χ2v) is 7.93. The lowest BCUT2D eigenvalue weighted by atomic mass is 9.97. The molecule has 33 heavy (non-hydrogen) atoms. The third-order valence-electron chi connectivity index (χ3n) is 5.55. The van der Waals surface area contributed by atoms with Gasteiger partial charge in [-0.3, -0.25) is 19.4 Å². The molecule has 0 atom stereocenters. The van der Waals surface area contributed by atoms with Gasteiger partial charge in [-0.1, -0.05) is 6.07 Å². The van der Waals surface area contributed by atoms with E-state index in [0.717, 1.165) is 30.5 Å². The minimum absolute atomic E-state index is 0.140. The molecule has 0 fully saturated rings. The van der Waals surface area contributed by atoms with Gasteiger partial charge in [0.05, 0.1) is 11.4 Å². The smallest absolute Gasteiger partial charge is 0.314 e. The molecular weight excluding hydrogens is 428 g/mol. The van der Waals surface area contributed by atoms with Crippen LogP contribution in [-0.4, -0.2) is 38.4 Å².